The molecule has 0 heterocycles. The van der Waals surface area contributed by atoms with Crippen LogP contribution in [0.15, 0.2) is 108 Å². The minimum atomic E-state index is -4.35. The molecule has 10 nitrogen and oxygen atoms in total. The summed E-state index contributed by atoms with van der Waals surface area (Å²) >= 11 is 12.5. The number of nitrogens with one attached hydrogen (secondary N) is 1. The predicted molar refractivity (Wildman–Crippen MR) is 190 cm³/mol. The molecule has 0 spiro atoms. The van der Waals surface area contributed by atoms with E-state index in [0.29, 0.717) is 10.6 Å². The number of benzene rings is 4. The topological polar surface area (TPSA) is 130 Å². The van der Waals surface area contributed by atoms with Crippen LogP contribution in [0.3, 0.4) is 0 Å². The zero-order chi connectivity index (χ0) is 35.0. The summed E-state index contributed by atoms with van der Waals surface area (Å²) in [5.41, 5.74) is 1.20. The Morgan fingerprint density at radius 3 is 2.08 bits per heavy atom. The van der Waals surface area contributed by atoms with E-state index in [1.54, 1.807) is 36.4 Å². The van der Waals surface area contributed by atoms with Gasteiger partial charge in [0.25, 0.3) is 15.7 Å². The largest absolute Gasteiger partial charge is 0.352 e. The van der Waals surface area contributed by atoms with E-state index >= 15 is 0 Å². The van der Waals surface area contributed by atoms with Gasteiger partial charge in [-0.15, -0.1) is 0 Å². The van der Waals surface area contributed by atoms with Crippen LogP contribution in [-0.4, -0.2) is 48.7 Å². The van der Waals surface area contributed by atoms with E-state index in [1.165, 1.54) is 41.3 Å². The van der Waals surface area contributed by atoms with Crippen LogP contribution >= 0.6 is 23.2 Å². The van der Waals surface area contributed by atoms with Crippen LogP contribution in [0, 0.1) is 10.1 Å². The van der Waals surface area contributed by atoms with Crippen molar-refractivity contribution in [2.24, 2.45) is 0 Å². The Bertz CT molecular complexity index is 1870. The summed E-state index contributed by atoms with van der Waals surface area (Å²) in [6, 6.07) is 25.6. The first-order valence-corrected chi connectivity index (χ1v) is 18.1. The standard InChI is InChI=1S/C36H36Cl2N4O6S/c37-32-21-16-27(22-33(32)38)24-40(34(23-26-10-4-1-5-11-26)36(44)39-28-12-6-2-7-13-28)35(43)25-41(29-17-19-30(20-18-29)42(45)46)49(47,48)31-14-8-3-9-15-31/h1,3-5,8-11,14-22,28,34H,2,6-7,12-13,23-25H2,(H,39,44). The molecule has 1 fully saturated rings. The molecule has 0 bridgehead atoms. The Labute approximate surface area is 295 Å². The highest BCUT2D eigenvalue weighted by atomic mass is 35.5. The summed E-state index contributed by atoms with van der Waals surface area (Å²) in [7, 11) is -4.35. The van der Waals surface area contributed by atoms with E-state index in [2.05, 4.69) is 5.32 Å². The first-order valence-electron chi connectivity index (χ1n) is 15.9. The average molecular weight is 724 g/mol. The Morgan fingerprint density at radius 2 is 1.47 bits per heavy atom. The van der Waals surface area contributed by atoms with Crippen molar-refractivity contribution < 1.29 is 22.9 Å². The van der Waals surface area contributed by atoms with Gasteiger partial charge < -0.3 is 10.2 Å². The molecule has 0 radical (unpaired) electrons. The van der Waals surface area contributed by atoms with Crippen LogP contribution in [-0.2, 0) is 32.6 Å². The number of anilines is 1. The maximum Gasteiger partial charge on any atom is 0.269 e. The van der Waals surface area contributed by atoms with Crippen LogP contribution in [0.5, 0.6) is 0 Å². The van der Waals surface area contributed by atoms with Crippen LogP contribution in [0.25, 0.3) is 0 Å². The number of carbonyl (C=O) groups excluding carboxylic acids is 2. The number of amides is 2. The van der Waals surface area contributed by atoms with E-state index in [1.807, 2.05) is 30.3 Å². The summed E-state index contributed by atoms with van der Waals surface area (Å²) < 4.78 is 29.1. The summed E-state index contributed by atoms with van der Waals surface area (Å²) in [5.74, 6) is -1.01. The normalized spacial score (nSPS) is 14.1. The second kappa shape index (κ2) is 16.3. The lowest BCUT2D eigenvalue weighted by atomic mass is 9.94. The smallest absolute Gasteiger partial charge is 0.269 e. The van der Waals surface area contributed by atoms with Gasteiger partial charge in [-0.05, 0) is 60.4 Å². The summed E-state index contributed by atoms with van der Waals surface area (Å²) in [6.07, 6.45) is 4.89. The highest BCUT2D eigenvalue weighted by molar-refractivity contribution is 7.92. The zero-order valence-corrected chi connectivity index (χ0v) is 28.9. The van der Waals surface area contributed by atoms with Gasteiger partial charge in [-0.3, -0.25) is 24.0 Å². The molecule has 4 aromatic carbocycles. The molecule has 0 aliphatic heterocycles. The Morgan fingerprint density at radius 1 is 0.837 bits per heavy atom. The number of hydrogen-bond acceptors (Lipinski definition) is 6. The minimum Gasteiger partial charge on any atom is -0.352 e. The van der Waals surface area contributed by atoms with Gasteiger partial charge in [-0.2, -0.15) is 0 Å². The molecule has 2 amide bonds. The summed E-state index contributed by atoms with van der Waals surface area (Å²) in [5, 5.41) is 15.1. The number of halogens is 2. The zero-order valence-electron chi connectivity index (χ0n) is 26.6. The molecule has 0 saturated heterocycles. The number of hydrogen-bond donors (Lipinski definition) is 1. The van der Waals surface area contributed by atoms with Crippen LogP contribution in [0.4, 0.5) is 11.4 Å². The molecule has 1 saturated carbocycles. The second-order valence-electron chi connectivity index (χ2n) is 11.9. The lowest BCUT2D eigenvalue weighted by Crippen LogP contribution is -2.55. The number of sulfonamides is 1. The van der Waals surface area contributed by atoms with Crippen molar-refractivity contribution in [2.45, 2.75) is 62.0 Å². The molecule has 4 aromatic rings. The number of non-ortho nitro benzene ring substituents is 1. The van der Waals surface area contributed by atoms with Gasteiger partial charge in [0.05, 0.1) is 25.6 Å². The molecule has 1 aliphatic carbocycles. The van der Waals surface area contributed by atoms with Crippen LogP contribution in [0.2, 0.25) is 10.0 Å². The molecular weight excluding hydrogens is 687 g/mol. The van der Waals surface area contributed by atoms with Crippen molar-refractivity contribution in [3.63, 3.8) is 0 Å². The summed E-state index contributed by atoms with van der Waals surface area (Å²) in [6.45, 7) is -0.775. The van der Waals surface area contributed by atoms with E-state index in [9.17, 15) is 28.1 Å². The molecule has 1 atom stereocenters. The van der Waals surface area contributed by atoms with Crippen LogP contribution in [0.1, 0.15) is 43.2 Å². The lowest BCUT2D eigenvalue weighted by molar-refractivity contribution is -0.384. The number of nitrogens with zero attached hydrogens (tertiary/aromatic N) is 3. The van der Waals surface area contributed by atoms with Crippen molar-refractivity contribution >= 4 is 56.4 Å². The molecule has 13 heteroatoms. The number of nitro groups is 1. The minimum absolute atomic E-state index is 0.0449. The molecule has 1 unspecified atom stereocenters. The first-order chi connectivity index (χ1) is 23.5. The van der Waals surface area contributed by atoms with Gasteiger partial charge in [0.2, 0.25) is 11.8 Å². The molecule has 5 rings (SSSR count). The van der Waals surface area contributed by atoms with Gasteiger partial charge in [0.15, 0.2) is 0 Å². The fourth-order valence-electron chi connectivity index (χ4n) is 5.92. The number of carbonyl (C=O) groups is 2. The third-order valence-electron chi connectivity index (χ3n) is 8.52. The molecule has 1 aliphatic rings. The Balaban J connectivity index is 1.58. The van der Waals surface area contributed by atoms with E-state index < -0.39 is 33.4 Å². The maximum atomic E-state index is 14.6. The summed E-state index contributed by atoms with van der Waals surface area (Å²) in [4.78, 5) is 40.9. The third kappa shape index (κ3) is 9.17. The van der Waals surface area contributed by atoms with Gasteiger partial charge in [0, 0.05) is 31.1 Å². The van der Waals surface area contributed by atoms with Crippen LogP contribution < -0.4 is 9.62 Å². The maximum absolute atomic E-state index is 14.6. The van der Waals surface area contributed by atoms with Gasteiger partial charge >= 0.3 is 0 Å². The van der Waals surface area contributed by atoms with Crippen molar-refractivity contribution in [3.8, 4) is 0 Å². The monoisotopic (exact) mass is 722 g/mol. The SMILES string of the molecule is O=C(NC1CCCCC1)C(Cc1ccccc1)N(Cc1ccc(Cl)c(Cl)c1)C(=O)CN(c1ccc([N+](=O)[O-])cc1)S(=O)(=O)c1ccccc1. The van der Waals surface area contributed by atoms with Gasteiger partial charge in [0.1, 0.15) is 12.6 Å². The predicted octanol–water partition coefficient (Wildman–Crippen LogP) is 7.19. The molecule has 49 heavy (non-hydrogen) atoms. The fourth-order valence-corrected chi connectivity index (χ4v) is 7.68. The van der Waals surface area contributed by atoms with E-state index in [0.717, 1.165) is 42.0 Å². The second-order valence-corrected chi connectivity index (χ2v) is 14.6. The molecule has 0 aromatic heterocycles. The highest BCUT2D eigenvalue weighted by Crippen LogP contribution is 2.28. The first kappa shape index (κ1) is 35.8. The fraction of sp³-hybridized carbons (Fsp3) is 0.278. The highest BCUT2D eigenvalue weighted by Gasteiger charge is 2.35. The third-order valence-corrected chi connectivity index (χ3v) is 11.0. The van der Waals surface area contributed by atoms with Crippen molar-refractivity contribution in [1.82, 2.24) is 10.2 Å². The molecule has 1 N–H and O–H groups in total. The quantitative estimate of drug-likeness (QED) is 0.115. The number of nitro benzene ring substituents is 1. The molecule has 256 valence electrons. The molecular formula is C36H36Cl2N4O6S. The van der Waals surface area contributed by atoms with Crippen molar-refractivity contribution in [1.29, 1.82) is 0 Å². The van der Waals surface area contributed by atoms with E-state index in [4.69, 9.17) is 23.2 Å². The number of rotatable bonds is 13. The Hall–Kier alpha value is -4.45. The van der Waals surface area contributed by atoms with Gasteiger partial charge in [-0.1, -0.05) is 97.1 Å². The lowest BCUT2D eigenvalue weighted by Gasteiger charge is -2.35. The van der Waals surface area contributed by atoms with Crippen molar-refractivity contribution in [2.75, 3.05) is 10.8 Å². The Kier molecular flexibility index (Phi) is 11.9. The van der Waals surface area contributed by atoms with Crippen molar-refractivity contribution in [3.05, 3.63) is 134 Å². The average Bonchev–Trinajstić information content (AvgIpc) is 3.11. The van der Waals surface area contributed by atoms with E-state index in [-0.39, 0.29) is 46.2 Å². The van der Waals surface area contributed by atoms with Gasteiger partial charge in [-0.25, -0.2) is 8.42 Å².